The Kier molecular flexibility index (Phi) is 5.52. The monoisotopic (exact) mass is 358 g/mol. The van der Waals surface area contributed by atoms with Crippen LogP contribution in [0.1, 0.15) is 22.6 Å². The Morgan fingerprint density at radius 2 is 1.52 bits per heavy atom. The average molecular weight is 358 g/mol. The van der Waals surface area contributed by atoms with Crippen LogP contribution in [0.2, 0.25) is 0 Å². The van der Waals surface area contributed by atoms with Crippen LogP contribution >= 0.6 is 0 Å². The van der Waals surface area contributed by atoms with Gasteiger partial charge in [-0.2, -0.15) is 0 Å². The summed E-state index contributed by atoms with van der Waals surface area (Å²) in [6.45, 7) is 3.45. The molecule has 0 aliphatic carbocycles. The number of hydrogen-bond donors (Lipinski definition) is 1. The topological polar surface area (TPSA) is 38.5 Å². The molecule has 1 aliphatic rings. The van der Waals surface area contributed by atoms with Gasteiger partial charge in [-0.05, 0) is 28.8 Å². The van der Waals surface area contributed by atoms with Crippen molar-refractivity contribution in [1.82, 2.24) is 4.90 Å². The molecule has 3 aromatic carbocycles. The normalized spacial score (nSPS) is 19.9. The van der Waals surface area contributed by atoms with Crippen LogP contribution < -0.4 is 10.5 Å². The second kappa shape index (κ2) is 8.38. The van der Waals surface area contributed by atoms with E-state index in [1.54, 1.807) is 0 Å². The Hall–Kier alpha value is -2.62. The summed E-state index contributed by atoms with van der Waals surface area (Å²) in [4.78, 5) is 2.45. The Bertz CT molecular complexity index is 851. The Morgan fingerprint density at radius 3 is 2.26 bits per heavy atom. The third kappa shape index (κ3) is 4.57. The summed E-state index contributed by atoms with van der Waals surface area (Å²) in [5, 5.41) is 0. The van der Waals surface area contributed by atoms with Gasteiger partial charge in [-0.1, -0.05) is 72.8 Å². The molecule has 0 aromatic heterocycles. The molecule has 138 valence electrons. The summed E-state index contributed by atoms with van der Waals surface area (Å²) >= 11 is 0. The quantitative estimate of drug-likeness (QED) is 0.718. The van der Waals surface area contributed by atoms with Crippen molar-refractivity contribution >= 4 is 0 Å². The molecule has 3 heteroatoms. The van der Waals surface area contributed by atoms with Crippen LogP contribution in [0.15, 0.2) is 84.9 Å². The van der Waals surface area contributed by atoms with Crippen LogP contribution in [0.5, 0.6) is 5.75 Å². The van der Waals surface area contributed by atoms with Crippen LogP contribution in [0.25, 0.3) is 0 Å². The van der Waals surface area contributed by atoms with E-state index in [9.17, 15) is 0 Å². The van der Waals surface area contributed by atoms with Gasteiger partial charge in [0.05, 0.1) is 0 Å². The van der Waals surface area contributed by atoms with Crippen molar-refractivity contribution < 1.29 is 4.74 Å². The number of hydrogen-bond acceptors (Lipinski definition) is 3. The number of benzene rings is 3. The fourth-order valence-electron chi connectivity index (χ4n) is 3.81. The van der Waals surface area contributed by atoms with Crippen molar-refractivity contribution in [2.75, 3.05) is 13.1 Å². The number of likely N-dealkylation sites (tertiary alicyclic amines) is 1. The Balaban J connectivity index is 1.40. The highest BCUT2D eigenvalue weighted by atomic mass is 16.5. The summed E-state index contributed by atoms with van der Waals surface area (Å²) in [7, 11) is 0. The molecule has 0 saturated carbocycles. The lowest BCUT2D eigenvalue weighted by atomic mass is 9.95. The van der Waals surface area contributed by atoms with Crippen LogP contribution in [-0.4, -0.2) is 24.0 Å². The van der Waals surface area contributed by atoms with E-state index in [2.05, 4.69) is 65.6 Å². The van der Waals surface area contributed by atoms with Crippen molar-refractivity contribution in [3.05, 3.63) is 102 Å². The van der Waals surface area contributed by atoms with E-state index in [1.165, 1.54) is 16.7 Å². The first-order chi connectivity index (χ1) is 13.3. The predicted octanol–water partition coefficient (Wildman–Crippen LogP) is 4.19. The Labute approximate surface area is 161 Å². The zero-order chi connectivity index (χ0) is 18.5. The maximum Gasteiger partial charge on any atom is 0.120 e. The van der Waals surface area contributed by atoms with Gasteiger partial charge in [-0.3, -0.25) is 4.90 Å². The van der Waals surface area contributed by atoms with E-state index in [4.69, 9.17) is 10.5 Å². The highest BCUT2D eigenvalue weighted by Crippen LogP contribution is 2.30. The third-order valence-electron chi connectivity index (χ3n) is 5.22. The zero-order valence-electron chi connectivity index (χ0n) is 15.5. The molecule has 2 unspecified atom stereocenters. The SMILES string of the molecule is NC1CN(Cc2ccccc2)CC1c1cccc(OCc2ccccc2)c1. The van der Waals surface area contributed by atoms with E-state index in [0.29, 0.717) is 12.5 Å². The lowest BCUT2D eigenvalue weighted by molar-refractivity contribution is 0.305. The van der Waals surface area contributed by atoms with Crippen molar-refractivity contribution in [1.29, 1.82) is 0 Å². The second-order valence-corrected chi connectivity index (χ2v) is 7.30. The van der Waals surface area contributed by atoms with Crippen molar-refractivity contribution in [2.45, 2.75) is 25.1 Å². The first-order valence-corrected chi connectivity index (χ1v) is 9.56. The second-order valence-electron chi connectivity index (χ2n) is 7.30. The van der Waals surface area contributed by atoms with Gasteiger partial charge in [0.25, 0.3) is 0 Å². The molecule has 0 bridgehead atoms. The fraction of sp³-hybridized carbons (Fsp3) is 0.250. The van der Waals surface area contributed by atoms with Gasteiger partial charge >= 0.3 is 0 Å². The fourth-order valence-corrected chi connectivity index (χ4v) is 3.81. The molecule has 2 atom stereocenters. The van der Waals surface area contributed by atoms with E-state index < -0.39 is 0 Å². The predicted molar refractivity (Wildman–Crippen MR) is 110 cm³/mol. The van der Waals surface area contributed by atoms with Crippen molar-refractivity contribution in [3.8, 4) is 5.75 Å². The molecule has 0 spiro atoms. The van der Waals surface area contributed by atoms with Gasteiger partial charge in [0.15, 0.2) is 0 Å². The third-order valence-corrected chi connectivity index (χ3v) is 5.22. The molecule has 1 fully saturated rings. The summed E-state index contributed by atoms with van der Waals surface area (Å²) in [5.74, 6) is 1.25. The number of ether oxygens (including phenoxy) is 1. The molecule has 2 N–H and O–H groups in total. The molecule has 0 radical (unpaired) electrons. The molecule has 1 heterocycles. The average Bonchev–Trinajstić information content (AvgIpc) is 3.08. The maximum atomic E-state index is 6.49. The standard InChI is InChI=1S/C24H26N2O/c25-24-17-26(15-19-8-3-1-4-9-19)16-23(24)21-12-7-13-22(14-21)27-18-20-10-5-2-6-11-20/h1-14,23-24H,15-18,25H2. The molecule has 1 saturated heterocycles. The number of nitrogens with two attached hydrogens (primary N) is 1. The van der Waals surface area contributed by atoms with Crippen LogP contribution in [0.4, 0.5) is 0 Å². The molecule has 0 amide bonds. The van der Waals surface area contributed by atoms with E-state index in [-0.39, 0.29) is 6.04 Å². The highest BCUT2D eigenvalue weighted by Gasteiger charge is 2.31. The smallest absolute Gasteiger partial charge is 0.120 e. The lowest BCUT2D eigenvalue weighted by Crippen LogP contribution is -2.28. The molecular formula is C24H26N2O. The molecule has 27 heavy (non-hydrogen) atoms. The van der Waals surface area contributed by atoms with E-state index in [1.807, 2.05) is 24.3 Å². The maximum absolute atomic E-state index is 6.49. The van der Waals surface area contributed by atoms with Gasteiger partial charge in [0.1, 0.15) is 12.4 Å². The summed E-state index contributed by atoms with van der Waals surface area (Å²) in [5.41, 5.74) is 10.3. The molecular weight excluding hydrogens is 332 g/mol. The summed E-state index contributed by atoms with van der Waals surface area (Å²) in [6.07, 6.45) is 0. The Morgan fingerprint density at radius 1 is 0.815 bits per heavy atom. The highest BCUT2D eigenvalue weighted by molar-refractivity contribution is 5.33. The van der Waals surface area contributed by atoms with Gasteiger partial charge in [-0.15, -0.1) is 0 Å². The first-order valence-electron chi connectivity index (χ1n) is 9.56. The minimum atomic E-state index is 0.151. The molecule has 3 nitrogen and oxygen atoms in total. The largest absolute Gasteiger partial charge is 0.489 e. The van der Waals surface area contributed by atoms with Crippen molar-refractivity contribution in [3.63, 3.8) is 0 Å². The zero-order valence-corrected chi connectivity index (χ0v) is 15.5. The van der Waals surface area contributed by atoms with Gasteiger partial charge in [-0.25, -0.2) is 0 Å². The van der Waals surface area contributed by atoms with Crippen LogP contribution in [-0.2, 0) is 13.2 Å². The lowest BCUT2D eigenvalue weighted by Gasteiger charge is -2.17. The van der Waals surface area contributed by atoms with Gasteiger partial charge < -0.3 is 10.5 Å². The summed E-state index contributed by atoms with van der Waals surface area (Å²) in [6, 6.07) is 29.4. The van der Waals surface area contributed by atoms with Crippen LogP contribution in [0, 0.1) is 0 Å². The minimum absolute atomic E-state index is 0.151. The van der Waals surface area contributed by atoms with E-state index in [0.717, 1.165) is 25.4 Å². The minimum Gasteiger partial charge on any atom is -0.489 e. The number of rotatable bonds is 6. The molecule has 3 aromatic rings. The van der Waals surface area contributed by atoms with E-state index >= 15 is 0 Å². The molecule has 4 rings (SSSR count). The summed E-state index contributed by atoms with van der Waals surface area (Å²) < 4.78 is 6.00. The van der Waals surface area contributed by atoms with Crippen molar-refractivity contribution in [2.24, 2.45) is 5.73 Å². The molecule has 1 aliphatic heterocycles. The number of nitrogens with zero attached hydrogens (tertiary/aromatic N) is 1. The van der Waals surface area contributed by atoms with Crippen LogP contribution in [0.3, 0.4) is 0 Å². The van der Waals surface area contributed by atoms with Gasteiger partial charge in [0, 0.05) is 31.6 Å². The first kappa shape index (κ1) is 17.8. The van der Waals surface area contributed by atoms with Gasteiger partial charge in [0.2, 0.25) is 0 Å².